The minimum Gasteiger partial charge on any atom is -0.309 e. The number of benzene rings is 5. The number of hydrogen-bond acceptors (Lipinski definition) is 3. The van der Waals surface area contributed by atoms with Crippen LogP contribution in [0.1, 0.15) is 25.0 Å². The molecule has 0 saturated heterocycles. The fraction of sp³-hybridized carbons (Fsp3) is 0.0698. The molecule has 4 nitrogen and oxygen atoms in total. The molecule has 0 N–H and O–H groups in total. The molecule has 4 heteroatoms. The van der Waals surface area contributed by atoms with E-state index >= 15 is 0 Å². The van der Waals surface area contributed by atoms with Crippen molar-refractivity contribution >= 4 is 38.9 Å². The van der Waals surface area contributed by atoms with Gasteiger partial charge in [-0.25, -0.2) is 0 Å². The Labute approximate surface area is 274 Å². The van der Waals surface area contributed by atoms with Crippen molar-refractivity contribution in [2.24, 2.45) is 0 Å². The number of anilines is 3. The highest BCUT2D eigenvalue weighted by atomic mass is 15.1. The van der Waals surface area contributed by atoms with Crippen LogP contribution in [0.15, 0.2) is 158 Å². The van der Waals surface area contributed by atoms with Gasteiger partial charge in [-0.2, -0.15) is 0 Å². The Morgan fingerprint density at radius 2 is 1.28 bits per heavy atom. The van der Waals surface area contributed by atoms with E-state index in [-0.39, 0.29) is 5.41 Å². The van der Waals surface area contributed by atoms with E-state index in [0.717, 1.165) is 34.0 Å². The van der Waals surface area contributed by atoms with Gasteiger partial charge in [0.1, 0.15) is 0 Å². The van der Waals surface area contributed by atoms with Crippen LogP contribution < -0.4 is 4.90 Å². The molecular weight excluding hydrogens is 573 g/mol. The Balaban J connectivity index is 1.14. The Morgan fingerprint density at radius 1 is 0.553 bits per heavy atom. The Morgan fingerprint density at radius 3 is 2.11 bits per heavy atom. The van der Waals surface area contributed by atoms with Crippen molar-refractivity contribution in [3.8, 4) is 28.1 Å². The van der Waals surface area contributed by atoms with Gasteiger partial charge in [0, 0.05) is 51.2 Å². The van der Waals surface area contributed by atoms with Gasteiger partial charge in [-0.05, 0) is 89.0 Å². The normalized spacial score (nSPS) is 13.1. The zero-order valence-electron chi connectivity index (χ0n) is 26.3. The summed E-state index contributed by atoms with van der Waals surface area (Å²) in [6, 6.07) is 49.9. The van der Waals surface area contributed by atoms with Crippen molar-refractivity contribution < 1.29 is 0 Å². The molecule has 8 aromatic rings. The standard InChI is InChI=1S/C43H32N4/c1-43(2)38-14-8-6-12-34(38)35-19-16-29(26-39(35)43)40-20-17-33(28-45-40)46(31-22-24-44-25-23-31)32-18-21-42-37(27-32)36-13-7-9-15-41(36)47(42)30-10-4-3-5-11-30/h3-28H,1-2H3. The number of pyridine rings is 2. The predicted molar refractivity (Wildman–Crippen MR) is 194 cm³/mol. The predicted octanol–water partition coefficient (Wildman–Crippen LogP) is 11.0. The van der Waals surface area contributed by atoms with E-state index in [1.54, 1.807) is 0 Å². The number of aromatic nitrogens is 3. The van der Waals surface area contributed by atoms with Crippen LogP contribution >= 0.6 is 0 Å². The molecule has 0 atom stereocenters. The summed E-state index contributed by atoms with van der Waals surface area (Å²) < 4.78 is 2.35. The Hall–Kier alpha value is -6.00. The zero-order chi connectivity index (χ0) is 31.5. The van der Waals surface area contributed by atoms with Crippen molar-refractivity contribution in [1.29, 1.82) is 0 Å². The van der Waals surface area contributed by atoms with Gasteiger partial charge in [0.2, 0.25) is 0 Å². The average molecular weight is 605 g/mol. The Kier molecular flexibility index (Phi) is 6.12. The van der Waals surface area contributed by atoms with Crippen molar-refractivity contribution in [1.82, 2.24) is 14.5 Å². The number of para-hydroxylation sites is 2. The van der Waals surface area contributed by atoms with Crippen molar-refractivity contribution in [2.75, 3.05) is 4.90 Å². The van der Waals surface area contributed by atoms with E-state index < -0.39 is 0 Å². The lowest BCUT2D eigenvalue weighted by atomic mass is 9.82. The summed E-state index contributed by atoms with van der Waals surface area (Å²) in [5, 5.41) is 2.42. The molecule has 0 spiro atoms. The third-order valence-corrected chi connectivity index (χ3v) is 9.74. The summed E-state index contributed by atoms with van der Waals surface area (Å²) in [7, 11) is 0. The minimum atomic E-state index is -0.0533. The molecule has 3 aromatic heterocycles. The first-order chi connectivity index (χ1) is 23.1. The number of nitrogens with zero attached hydrogens (tertiary/aromatic N) is 4. The van der Waals surface area contributed by atoms with Crippen LogP contribution in [0.25, 0.3) is 49.9 Å². The summed E-state index contributed by atoms with van der Waals surface area (Å²) in [6.45, 7) is 4.64. The van der Waals surface area contributed by atoms with Crippen LogP contribution in [0.2, 0.25) is 0 Å². The summed E-state index contributed by atoms with van der Waals surface area (Å²) in [5.41, 5.74) is 14.0. The molecule has 9 rings (SSSR count). The number of fused-ring (bicyclic) bond motifs is 6. The van der Waals surface area contributed by atoms with Crippen LogP contribution in [0.4, 0.5) is 17.1 Å². The zero-order valence-corrected chi connectivity index (χ0v) is 26.3. The van der Waals surface area contributed by atoms with E-state index in [2.05, 4.69) is 156 Å². The number of rotatable bonds is 5. The van der Waals surface area contributed by atoms with Crippen molar-refractivity contribution in [2.45, 2.75) is 19.3 Å². The molecule has 0 fully saturated rings. The second-order valence-electron chi connectivity index (χ2n) is 12.8. The molecule has 0 bridgehead atoms. The van der Waals surface area contributed by atoms with Crippen molar-refractivity contribution in [3.63, 3.8) is 0 Å². The lowest BCUT2D eigenvalue weighted by Crippen LogP contribution is -2.14. The first kappa shape index (κ1) is 27.3. The van der Waals surface area contributed by atoms with E-state index in [0.29, 0.717) is 0 Å². The average Bonchev–Trinajstić information content (AvgIpc) is 3.58. The monoisotopic (exact) mass is 604 g/mol. The largest absolute Gasteiger partial charge is 0.309 e. The molecule has 3 heterocycles. The van der Waals surface area contributed by atoms with Gasteiger partial charge in [-0.15, -0.1) is 0 Å². The van der Waals surface area contributed by atoms with Crippen LogP contribution in [0.5, 0.6) is 0 Å². The molecule has 0 radical (unpaired) electrons. The third kappa shape index (κ3) is 4.29. The maximum absolute atomic E-state index is 5.04. The highest BCUT2D eigenvalue weighted by Gasteiger charge is 2.35. The molecular formula is C43H32N4. The first-order valence-electron chi connectivity index (χ1n) is 16.1. The van der Waals surface area contributed by atoms with E-state index in [1.807, 2.05) is 30.7 Å². The van der Waals surface area contributed by atoms with Crippen LogP contribution in [0, 0.1) is 0 Å². The van der Waals surface area contributed by atoms with E-state index in [9.17, 15) is 0 Å². The second-order valence-corrected chi connectivity index (χ2v) is 12.8. The molecule has 0 aliphatic heterocycles. The lowest BCUT2D eigenvalue weighted by Gasteiger charge is -2.25. The van der Waals surface area contributed by atoms with Gasteiger partial charge in [-0.3, -0.25) is 9.97 Å². The maximum atomic E-state index is 5.04. The van der Waals surface area contributed by atoms with Crippen LogP contribution in [-0.4, -0.2) is 14.5 Å². The summed E-state index contributed by atoms with van der Waals surface area (Å²) in [4.78, 5) is 11.6. The quantitative estimate of drug-likeness (QED) is 0.196. The summed E-state index contributed by atoms with van der Waals surface area (Å²) in [5.74, 6) is 0. The van der Waals surface area contributed by atoms with Gasteiger partial charge >= 0.3 is 0 Å². The first-order valence-corrected chi connectivity index (χ1v) is 16.1. The highest BCUT2D eigenvalue weighted by Crippen LogP contribution is 2.49. The maximum Gasteiger partial charge on any atom is 0.0703 e. The molecule has 1 aliphatic rings. The Bertz CT molecular complexity index is 2420. The van der Waals surface area contributed by atoms with Crippen molar-refractivity contribution in [3.05, 3.63) is 169 Å². The molecule has 5 aromatic carbocycles. The third-order valence-electron chi connectivity index (χ3n) is 9.74. The van der Waals surface area contributed by atoms with E-state index in [4.69, 9.17) is 4.98 Å². The lowest BCUT2D eigenvalue weighted by molar-refractivity contribution is 0.660. The van der Waals surface area contributed by atoms with Crippen LogP contribution in [-0.2, 0) is 5.41 Å². The van der Waals surface area contributed by atoms with Gasteiger partial charge < -0.3 is 9.47 Å². The molecule has 0 unspecified atom stereocenters. The smallest absolute Gasteiger partial charge is 0.0703 e. The molecule has 224 valence electrons. The van der Waals surface area contributed by atoms with Gasteiger partial charge in [0.25, 0.3) is 0 Å². The highest BCUT2D eigenvalue weighted by molar-refractivity contribution is 6.10. The second kappa shape index (κ2) is 10.5. The van der Waals surface area contributed by atoms with Gasteiger partial charge in [0.15, 0.2) is 0 Å². The molecule has 47 heavy (non-hydrogen) atoms. The fourth-order valence-corrected chi connectivity index (χ4v) is 7.45. The topological polar surface area (TPSA) is 34.0 Å². The van der Waals surface area contributed by atoms with Gasteiger partial charge in [0.05, 0.1) is 28.6 Å². The number of hydrogen-bond donors (Lipinski definition) is 0. The van der Waals surface area contributed by atoms with Crippen LogP contribution in [0.3, 0.4) is 0 Å². The molecule has 1 aliphatic carbocycles. The fourth-order valence-electron chi connectivity index (χ4n) is 7.45. The minimum absolute atomic E-state index is 0.0533. The molecule has 0 amide bonds. The summed E-state index contributed by atoms with van der Waals surface area (Å²) >= 11 is 0. The SMILES string of the molecule is CC1(C)c2ccccc2-c2ccc(-c3ccc(N(c4ccncc4)c4ccc5c(c4)c4ccccc4n5-c4ccccc4)cn3)cc21. The molecule has 0 saturated carbocycles. The van der Waals surface area contributed by atoms with E-state index in [1.165, 1.54) is 44.1 Å². The van der Waals surface area contributed by atoms with Gasteiger partial charge in [-0.1, -0.05) is 86.6 Å². The summed E-state index contributed by atoms with van der Waals surface area (Å²) in [6.07, 6.45) is 5.67.